The molecule has 0 atom stereocenters. The normalized spacial score (nSPS) is 6.00. The molecule has 0 amide bonds. The van der Waals surface area contributed by atoms with Gasteiger partial charge in [-0.05, 0) is 0 Å². The molecule has 0 aliphatic heterocycles. The third kappa shape index (κ3) is 80.4. The van der Waals surface area contributed by atoms with E-state index >= 15 is 0 Å². The molecule has 0 aromatic rings. The SMILES string of the molecule is CC(=[OH+])CC(C)=[OH+].CO.CO.[Cl][Ta][Cl]. The van der Waals surface area contributed by atoms with Gasteiger partial charge in [0.05, 0.1) is 0 Å². The van der Waals surface area contributed by atoms with E-state index in [1.807, 2.05) is 0 Å². The van der Waals surface area contributed by atoms with Gasteiger partial charge in [0, 0.05) is 28.1 Å². The Labute approximate surface area is 102 Å². The number of hydrogen-bond donors (Lipinski definition) is 2. The van der Waals surface area contributed by atoms with E-state index in [0.29, 0.717) is 6.42 Å². The summed E-state index contributed by atoms with van der Waals surface area (Å²) in [5.74, 6) is 0.500. The first-order valence-electron chi connectivity index (χ1n) is 3.39. The van der Waals surface area contributed by atoms with Crippen LogP contribution in [-0.2, 0) is 17.6 Å². The summed E-state index contributed by atoms with van der Waals surface area (Å²) in [7, 11) is 11.9. The molecular formula is C7H18Cl2O4Ta+2. The summed E-state index contributed by atoms with van der Waals surface area (Å²) in [4.78, 5) is 16.9. The Bertz CT molecular complexity index is 110. The standard InChI is InChI=1S/C5H8O2.2CH4O.2ClH.Ta/c1-4(6)3-5(2)7;2*1-2;;;/h3H2,1-2H3;2*2H,1H3;2*1H;/q;;;;;+2. The van der Waals surface area contributed by atoms with Crippen LogP contribution >= 0.6 is 18.4 Å². The van der Waals surface area contributed by atoms with Gasteiger partial charge >= 0.3 is 47.5 Å². The molecule has 14 heavy (non-hydrogen) atoms. The fourth-order valence-electron chi connectivity index (χ4n) is 0.370. The Morgan fingerprint density at radius 1 is 1.00 bits per heavy atom. The minimum absolute atomic E-state index is 0.250. The van der Waals surface area contributed by atoms with Crippen LogP contribution in [0.1, 0.15) is 20.3 Å². The molecule has 0 aromatic carbocycles. The second kappa shape index (κ2) is 29.2. The summed E-state index contributed by atoms with van der Waals surface area (Å²) < 4.78 is 0. The number of carbonyl (C=O) groups excluding carboxylic acids is 2. The van der Waals surface area contributed by atoms with Crippen molar-refractivity contribution in [1.29, 1.82) is 0 Å². The molecule has 0 saturated carbocycles. The Morgan fingerprint density at radius 3 is 1.14 bits per heavy atom. The molecule has 0 aliphatic carbocycles. The fourth-order valence-corrected chi connectivity index (χ4v) is 0.370. The third-order valence-electron chi connectivity index (χ3n) is 0.512. The van der Waals surface area contributed by atoms with Crippen molar-refractivity contribution in [3.05, 3.63) is 0 Å². The molecule has 0 spiro atoms. The maximum atomic E-state index is 8.46. The fraction of sp³-hybridized carbons (Fsp3) is 0.714. The first-order valence-corrected chi connectivity index (χ1v) is 11.4. The van der Waals surface area contributed by atoms with Crippen molar-refractivity contribution in [3.63, 3.8) is 0 Å². The van der Waals surface area contributed by atoms with Crippen molar-refractivity contribution in [2.75, 3.05) is 14.2 Å². The number of halogens is 2. The molecule has 0 rings (SSSR count). The van der Waals surface area contributed by atoms with E-state index in [2.05, 4.69) is 0 Å². The van der Waals surface area contributed by atoms with Gasteiger partial charge in [-0.3, -0.25) is 9.59 Å². The van der Waals surface area contributed by atoms with Gasteiger partial charge in [0.25, 0.3) is 0 Å². The van der Waals surface area contributed by atoms with E-state index in [0.717, 1.165) is 14.2 Å². The number of rotatable bonds is 2. The Morgan fingerprint density at radius 2 is 1.14 bits per heavy atom. The van der Waals surface area contributed by atoms with E-state index in [-0.39, 0.29) is 11.6 Å². The number of aliphatic hydroxyl groups excluding tert-OH is 2. The summed E-state index contributed by atoms with van der Waals surface area (Å²) in [6, 6.07) is 0. The van der Waals surface area contributed by atoms with Gasteiger partial charge in [-0.25, -0.2) is 0 Å². The predicted octanol–water partition coefficient (Wildman–Crippen LogP) is 1.10. The molecule has 0 unspecified atom stereocenters. The number of aliphatic hydroxyl groups is 2. The molecule has 87 valence electrons. The van der Waals surface area contributed by atoms with Crippen LogP contribution in [0.25, 0.3) is 0 Å². The van der Waals surface area contributed by atoms with Crippen LogP contribution in [0.2, 0.25) is 0 Å². The quantitative estimate of drug-likeness (QED) is 0.520. The zero-order valence-electron chi connectivity index (χ0n) is 8.70. The first-order chi connectivity index (χ1) is 6.54. The van der Waals surface area contributed by atoms with E-state index in [1.54, 1.807) is 13.8 Å². The van der Waals surface area contributed by atoms with Crippen molar-refractivity contribution in [2.45, 2.75) is 20.3 Å². The summed E-state index contributed by atoms with van der Waals surface area (Å²) >= 11 is -0.889. The van der Waals surface area contributed by atoms with Gasteiger partial charge in [-0.1, -0.05) is 0 Å². The van der Waals surface area contributed by atoms with Gasteiger partial charge in [-0.15, -0.1) is 0 Å². The second-order valence-electron chi connectivity index (χ2n) is 1.71. The van der Waals surface area contributed by atoms with Crippen molar-refractivity contribution in [2.24, 2.45) is 0 Å². The van der Waals surface area contributed by atoms with Crippen LogP contribution in [0.5, 0.6) is 0 Å². The number of ketones is 2. The molecule has 0 aliphatic rings. The third-order valence-corrected chi connectivity index (χ3v) is 0.512. The van der Waals surface area contributed by atoms with Crippen molar-refractivity contribution >= 4 is 29.9 Å². The summed E-state index contributed by atoms with van der Waals surface area (Å²) in [5.41, 5.74) is 0. The molecule has 0 radical (unpaired) electrons. The van der Waals surface area contributed by atoms with Gasteiger partial charge in [0.1, 0.15) is 0 Å². The van der Waals surface area contributed by atoms with Crippen LogP contribution in [-0.4, -0.2) is 45.6 Å². The summed E-state index contributed by atoms with van der Waals surface area (Å²) in [5, 5.41) is 14.0. The predicted molar refractivity (Wildman–Crippen MR) is 57.8 cm³/mol. The second-order valence-corrected chi connectivity index (χ2v) is 6.35. The van der Waals surface area contributed by atoms with Gasteiger partial charge in [0.2, 0.25) is 0 Å². The van der Waals surface area contributed by atoms with E-state index in [4.69, 9.17) is 38.2 Å². The zero-order chi connectivity index (χ0) is 12.6. The van der Waals surface area contributed by atoms with Crippen LogP contribution in [0, 0.1) is 0 Å². The monoisotopic (exact) mass is 417 g/mol. The average Bonchev–Trinajstić information content (AvgIpc) is 2.10. The molecule has 4 N–H and O–H groups in total. The number of hydrogen-bond acceptors (Lipinski definition) is 2. The van der Waals surface area contributed by atoms with Gasteiger partial charge in [0.15, 0.2) is 6.42 Å². The average molecular weight is 418 g/mol. The van der Waals surface area contributed by atoms with Crippen LogP contribution < -0.4 is 0 Å². The Hall–Kier alpha value is 0.580. The summed E-state index contributed by atoms with van der Waals surface area (Å²) in [6.45, 7) is 3.11. The van der Waals surface area contributed by atoms with E-state index in [9.17, 15) is 0 Å². The maximum absolute atomic E-state index is 8.46. The topological polar surface area (TPSA) is 83.3 Å². The van der Waals surface area contributed by atoms with Gasteiger partial charge < -0.3 is 10.2 Å². The summed E-state index contributed by atoms with van der Waals surface area (Å²) in [6.07, 6.45) is 0.306. The Balaban J connectivity index is -0.0000000603. The molecule has 0 heterocycles. The van der Waals surface area contributed by atoms with Crippen molar-refractivity contribution < 1.29 is 37.4 Å². The van der Waals surface area contributed by atoms with Crippen LogP contribution in [0.15, 0.2) is 0 Å². The van der Waals surface area contributed by atoms with Gasteiger partial charge in [-0.2, -0.15) is 0 Å². The Kier molecular flexibility index (Phi) is 50.1. The molecule has 0 aromatic heterocycles. The first kappa shape index (κ1) is 24.0. The zero-order valence-corrected chi connectivity index (χ0v) is 13.4. The molecule has 0 saturated heterocycles. The van der Waals surface area contributed by atoms with Crippen molar-refractivity contribution in [3.8, 4) is 0 Å². The minimum atomic E-state index is -0.889. The molecular weight excluding hydrogens is 400 g/mol. The molecule has 7 heteroatoms. The molecule has 0 fully saturated rings. The van der Waals surface area contributed by atoms with E-state index < -0.39 is 17.6 Å². The van der Waals surface area contributed by atoms with E-state index in [1.165, 1.54) is 0 Å². The van der Waals surface area contributed by atoms with Crippen LogP contribution in [0.3, 0.4) is 0 Å². The van der Waals surface area contributed by atoms with Crippen LogP contribution in [0.4, 0.5) is 0 Å². The molecule has 4 nitrogen and oxygen atoms in total. The molecule has 0 bridgehead atoms. The van der Waals surface area contributed by atoms with Crippen molar-refractivity contribution in [1.82, 2.24) is 0 Å².